The minimum atomic E-state index is -0.0908. The molecule has 0 radical (unpaired) electrons. The van der Waals surface area contributed by atoms with E-state index in [1.807, 2.05) is 18.3 Å². The van der Waals surface area contributed by atoms with Gasteiger partial charge in [0.2, 0.25) is 0 Å². The highest BCUT2D eigenvalue weighted by Gasteiger charge is 2.24. The average Bonchev–Trinajstić information content (AvgIpc) is 3.33. The third-order valence-corrected chi connectivity index (χ3v) is 4.51. The molecule has 0 N–H and O–H groups in total. The smallest absolute Gasteiger partial charge is 0.289 e. The molecule has 0 bridgehead atoms. The predicted octanol–water partition coefficient (Wildman–Crippen LogP) is 1.98. The third kappa shape index (κ3) is 3.27. The molecule has 3 aromatic heterocycles. The second-order valence-corrected chi connectivity index (χ2v) is 6.38. The Bertz CT molecular complexity index is 853. The zero-order valence-electron chi connectivity index (χ0n) is 13.2. The molecule has 1 fully saturated rings. The highest BCUT2D eigenvalue weighted by atomic mass is 79.9. The summed E-state index contributed by atoms with van der Waals surface area (Å²) in [7, 11) is 0. The summed E-state index contributed by atoms with van der Waals surface area (Å²) < 4.78 is 7.70. The molecular weight excluding hydrogens is 388 g/mol. The van der Waals surface area contributed by atoms with Gasteiger partial charge in [0.05, 0.1) is 0 Å². The second kappa shape index (κ2) is 6.67. The molecule has 4 rings (SSSR count). The molecule has 0 saturated carbocycles. The fourth-order valence-corrected chi connectivity index (χ4v) is 3.05. The van der Waals surface area contributed by atoms with E-state index in [2.05, 4.69) is 36.0 Å². The van der Waals surface area contributed by atoms with Gasteiger partial charge in [0.25, 0.3) is 5.91 Å². The summed E-state index contributed by atoms with van der Waals surface area (Å²) in [6.45, 7) is 2.63. The quantitative estimate of drug-likeness (QED) is 0.666. The van der Waals surface area contributed by atoms with Crippen LogP contribution in [0.3, 0.4) is 0 Å². The average molecular weight is 403 g/mol. The van der Waals surface area contributed by atoms with Crippen LogP contribution in [0.25, 0.3) is 5.82 Å². The Kier molecular flexibility index (Phi) is 4.22. The zero-order chi connectivity index (χ0) is 17.2. The van der Waals surface area contributed by atoms with Crippen molar-refractivity contribution in [3.8, 4) is 5.82 Å². The maximum atomic E-state index is 12.4. The van der Waals surface area contributed by atoms with E-state index in [9.17, 15) is 4.79 Å². The van der Waals surface area contributed by atoms with Gasteiger partial charge in [0.15, 0.2) is 22.1 Å². The molecule has 0 spiro atoms. The van der Waals surface area contributed by atoms with Crippen LogP contribution in [0.1, 0.15) is 10.6 Å². The summed E-state index contributed by atoms with van der Waals surface area (Å²) in [5, 5.41) is 8.52. The van der Waals surface area contributed by atoms with Crippen LogP contribution in [0.5, 0.6) is 0 Å². The Labute approximate surface area is 152 Å². The number of rotatable bonds is 3. The van der Waals surface area contributed by atoms with Crippen LogP contribution in [0, 0.1) is 0 Å². The van der Waals surface area contributed by atoms with Crippen LogP contribution in [0.2, 0.25) is 0 Å². The molecule has 0 aromatic carbocycles. The molecule has 128 valence electrons. The monoisotopic (exact) mass is 402 g/mol. The lowest BCUT2D eigenvalue weighted by Gasteiger charge is -2.34. The van der Waals surface area contributed by atoms with Gasteiger partial charge in [-0.15, -0.1) is 10.2 Å². The first-order chi connectivity index (χ1) is 12.2. The Morgan fingerprint density at radius 2 is 1.80 bits per heavy atom. The number of piperazine rings is 1. The molecule has 0 unspecified atom stereocenters. The van der Waals surface area contributed by atoms with Gasteiger partial charge < -0.3 is 14.2 Å². The Balaban J connectivity index is 1.39. The molecule has 0 atom stereocenters. The normalized spacial score (nSPS) is 14.8. The number of anilines is 1. The lowest BCUT2D eigenvalue weighted by atomic mass is 10.3. The molecule has 8 nitrogen and oxygen atoms in total. The van der Waals surface area contributed by atoms with E-state index in [0.717, 1.165) is 11.6 Å². The van der Waals surface area contributed by atoms with Crippen LogP contribution >= 0.6 is 15.9 Å². The van der Waals surface area contributed by atoms with Gasteiger partial charge in [-0.05, 0) is 40.2 Å². The number of hydrogen-bond donors (Lipinski definition) is 0. The van der Waals surface area contributed by atoms with Crippen LogP contribution in [0.15, 0.2) is 52.1 Å². The van der Waals surface area contributed by atoms with Gasteiger partial charge in [-0.2, -0.15) is 0 Å². The first-order valence-electron chi connectivity index (χ1n) is 7.82. The van der Waals surface area contributed by atoms with Gasteiger partial charge >= 0.3 is 0 Å². The molecule has 4 heterocycles. The number of amides is 1. The van der Waals surface area contributed by atoms with Crippen molar-refractivity contribution in [2.45, 2.75) is 0 Å². The molecule has 9 heteroatoms. The van der Waals surface area contributed by atoms with Crippen LogP contribution < -0.4 is 4.90 Å². The van der Waals surface area contributed by atoms with E-state index in [1.165, 1.54) is 0 Å². The molecule has 25 heavy (non-hydrogen) atoms. The lowest BCUT2D eigenvalue weighted by molar-refractivity contribution is 0.0713. The van der Waals surface area contributed by atoms with E-state index in [1.54, 1.807) is 34.1 Å². The fraction of sp³-hybridized carbons (Fsp3) is 0.250. The van der Waals surface area contributed by atoms with Crippen molar-refractivity contribution < 1.29 is 9.21 Å². The molecule has 1 aliphatic rings. The van der Waals surface area contributed by atoms with Gasteiger partial charge in [-0.1, -0.05) is 0 Å². The summed E-state index contributed by atoms with van der Waals surface area (Å²) in [4.78, 5) is 20.3. The number of carbonyl (C=O) groups excluding carboxylic acids is 1. The molecule has 1 aliphatic heterocycles. The number of nitrogens with zero attached hydrogens (tertiary/aromatic N) is 6. The predicted molar refractivity (Wildman–Crippen MR) is 93.7 cm³/mol. The number of halogens is 1. The van der Waals surface area contributed by atoms with E-state index < -0.39 is 0 Å². The van der Waals surface area contributed by atoms with Gasteiger partial charge in [0.1, 0.15) is 6.33 Å². The Hall–Kier alpha value is -2.68. The number of aromatic nitrogens is 4. The summed E-state index contributed by atoms with van der Waals surface area (Å²) in [6, 6.07) is 7.24. The Morgan fingerprint density at radius 3 is 2.40 bits per heavy atom. The zero-order valence-corrected chi connectivity index (χ0v) is 14.8. The fourth-order valence-electron chi connectivity index (χ4n) is 2.74. The van der Waals surface area contributed by atoms with Crippen molar-refractivity contribution in [1.82, 2.24) is 24.6 Å². The van der Waals surface area contributed by atoms with Crippen molar-refractivity contribution in [2.24, 2.45) is 0 Å². The number of imidazole rings is 1. The lowest BCUT2D eigenvalue weighted by Crippen LogP contribution is -2.49. The van der Waals surface area contributed by atoms with Gasteiger partial charge in [0, 0.05) is 38.6 Å². The summed E-state index contributed by atoms with van der Waals surface area (Å²) in [5.74, 6) is 1.78. The van der Waals surface area contributed by atoms with E-state index in [0.29, 0.717) is 36.6 Å². The molecule has 1 amide bonds. The van der Waals surface area contributed by atoms with E-state index in [4.69, 9.17) is 4.42 Å². The van der Waals surface area contributed by atoms with Crippen LogP contribution in [-0.2, 0) is 0 Å². The highest BCUT2D eigenvalue weighted by Crippen LogP contribution is 2.18. The number of hydrogen-bond acceptors (Lipinski definition) is 6. The molecular formula is C16H15BrN6O2. The molecule has 3 aromatic rings. The third-order valence-electron chi connectivity index (χ3n) is 4.08. The van der Waals surface area contributed by atoms with Gasteiger partial charge in [-0.3, -0.25) is 9.36 Å². The van der Waals surface area contributed by atoms with Crippen molar-refractivity contribution in [3.05, 3.63) is 53.4 Å². The topological polar surface area (TPSA) is 80.3 Å². The van der Waals surface area contributed by atoms with Crippen LogP contribution in [-0.4, -0.2) is 56.7 Å². The SMILES string of the molecule is O=C(c1ccc(Br)o1)N1CCN(c2ccc(-n3ccnc3)nn2)CC1. The van der Waals surface area contributed by atoms with Crippen molar-refractivity contribution in [3.63, 3.8) is 0 Å². The largest absolute Gasteiger partial charge is 0.444 e. The van der Waals surface area contributed by atoms with E-state index >= 15 is 0 Å². The first-order valence-corrected chi connectivity index (χ1v) is 8.61. The summed E-state index contributed by atoms with van der Waals surface area (Å²) >= 11 is 3.22. The standard InChI is InChI=1S/C16H15BrN6O2/c17-13-2-1-12(25-13)16(24)22-9-7-21(8-10-22)14-3-4-15(20-19-14)23-6-5-18-11-23/h1-6,11H,7-10H2. The second-order valence-electron chi connectivity index (χ2n) is 5.60. The van der Waals surface area contributed by atoms with Crippen molar-refractivity contribution in [1.29, 1.82) is 0 Å². The first kappa shape index (κ1) is 15.8. The van der Waals surface area contributed by atoms with Gasteiger partial charge in [-0.25, -0.2) is 4.98 Å². The highest BCUT2D eigenvalue weighted by molar-refractivity contribution is 9.10. The Morgan fingerprint density at radius 1 is 1.04 bits per heavy atom. The molecule has 0 aliphatic carbocycles. The van der Waals surface area contributed by atoms with Crippen LogP contribution in [0.4, 0.5) is 5.82 Å². The molecule has 1 saturated heterocycles. The minimum Gasteiger partial charge on any atom is -0.444 e. The number of furan rings is 1. The van der Waals surface area contributed by atoms with Crippen molar-refractivity contribution in [2.75, 3.05) is 31.1 Å². The minimum absolute atomic E-state index is 0.0908. The summed E-state index contributed by atoms with van der Waals surface area (Å²) in [6.07, 6.45) is 5.20. The van der Waals surface area contributed by atoms with Crippen molar-refractivity contribution >= 4 is 27.7 Å². The maximum Gasteiger partial charge on any atom is 0.289 e. The summed E-state index contributed by atoms with van der Waals surface area (Å²) in [5.41, 5.74) is 0. The number of carbonyl (C=O) groups is 1. The van der Waals surface area contributed by atoms with E-state index in [-0.39, 0.29) is 5.91 Å². The maximum absolute atomic E-state index is 12.4.